The van der Waals surface area contributed by atoms with Crippen molar-refractivity contribution in [3.63, 3.8) is 0 Å². The third-order valence-electron chi connectivity index (χ3n) is 3.80. The van der Waals surface area contributed by atoms with Gasteiger partial charge in [-0.2, -0.15) is 0 Å². The number of pyridine rings is 1. The molecule has 2 heterocycles. The Hall–Kier alpha value is -2.36. The van der Waals surface area contributed by atoms with E-state index >= 15 is 0 Å². The molecule has 0 saturated carbocycles. The highest BCUT2D eigenvalue weighted by molar-refractivity contribution is 5.84. The number of benzene rings is 1. The van der Waals surface area contributed by atoms with Crippen molar-refractivity contribution in [2.75, 3.05) is 0 Å². The van der Waals surface area contributed by atoms with Gasteiger partial charge in [-0.15, -0.1) is 0 Å². The fourth-order valence-corrected chi connectivity index (χ4v) is 2.61. The number of hydrogen-bond acceptors (Lipinski definition) is 3. The smallest absolute Gasteiger partial charge is 0.247 e. The minimum Gasteiger partial charge on any atom is -0.437 e. The maximum absolute atomic E-state index is 5.95. The maximum Gasteiger partial charge on any atom is 0.247 e. The summed E-state index contributed by atoms with van der Waals surface area (Å²) in [5.74, 6) is 2.34. The third kappa shape index (κ3) is 2.27. The summed E-state index contributed by atoms with van der Waals surface area (Å²) in [7, 11) is 0. The van der Waals surface area contributed by atoms with Crippen molar-refractivity contribution in [3.05, 3.63) is 47.4 Å². The molecule has 4 nitrogen and oxygen atoms in total. The van der Waals surface area contributed by atoms with E-state index in [0.29, 0.717) is 5.88 Å². The minimum atomic E-state index is 0.578. The lowest BCUT2D eigenvalue weighted by atomic mass is 10.2. The first-order valence-electron chi connectivity index (χ1n) is 7.18. The molecule has 0 amide bonds. The molecular weight excluding hydrogens is 262 g/mol. The summed E-state index contributed by atoms with van der Waals surface area (Å²) in [5, 5.41) is 0. The minimum absolute atomic E-state index is 0.578. The Bertz CT molecular complexity index is 791. The van der Waals surface area contributed by atoms with Crippen LogP contribution >= 0.6 is 0 Å². The van der Waals surface area contributed by atoms with Crippen LogP contribution in [-0.4, -0.2) is 14.5 Å². The van der Waals surface area contributed by atoms with Crippen LogP contribution in [0.2, 0.25) is 0 Å². The molecule has 21 heavy (non-hydrogen) atoms. The van der Waals surface area contributed by atoms with Crippen molar-refractivity contribution < 1.29 is 4.74 Å². The van der Waals surface area contributed by atoms with Crippen LogP contribution in [-0.2, 0) is 6.54 Å². The highest BCUT2D eigenvalue weighted by Crippen LogP contribution is 2.31. The lowest BCUT2D eigenvalue weighted by molar-refractivity contribution is 0.466. The topological polar surface area (TPSA) is 39.9 Å². The Balaban J connectivity index is 2.22. The van der Waals surface area contributed by atoms with E-state index < -0.39 is 0 Å². The number of nitrogens with zero attached hydrogens (tertiary/aromatic N) is 3. The first kappa shape index (κ1) is 13.6. The van der Waals surface area contributed by atoms with E-state index in [-0.39, 0.29) is 0 Å². The molecule has 0 bridgehead atoms. The summed E-state index contributed by atoms with van der Waals surface area (Å²) in [5.41, 5.74) is 4.09. The van der Waals surface area contributed by atoms with E-state index in [4.69, 9.17) is 4.74 Å². The van der Waals surface area contributed by atoms with E-state index in [1.165, 1.54) is 0 Å². The van der Waals surface area contributed by atoms with Gasteiger partial charge >= 0.3 is 0 Å². The van der Waals surface area contributed by atoms with Crippen molar-refractivity contribution in [1.82, 2.24) is 14.5 Å². The van der Waals surface area contributed by atoms with Crippen molar-refractivity contribution >= 4 is 11.0 Å². The molecule has 1 aromatic carbocycles. The van der Waals surface area contributed by atoms with Gasteiger partial charge in [0.05, 0.1) is 5.52 Å². The molecule has 0 aliphatic heterocycles. The molecule has 0 spiro atoms. The van der Waals surface area contributed by atoms with Crippen LogP contribution in [0.5, 0.6) is 11.6 Å². The second kappa shape index (κ2) is 5.20. The summed E-state index contributed by atoms with van der Waals surface area (Å²) >= 11 is 0. The van der Waals surface area contributed by atoms with E-state index in [9.17, 15) is 0 Å². The first-order valence-corrected chi connectivity index (χ1v) is 7.18. The molecule has 0 fully saturated rings. The number of ether oxygens (including phenoxy) is 1. The molecule has 0 aliphatic rings. The van der Waals surface area contributed by atoms with Gasteiger partial charge in [0.15, 0.2) is 5.52 Å². The Morgan fingerprint density at radius 3 is 2.43 bits per heavy atom. The molecule has 0 N–H and O–H groups in total. The summed E-state index contributed by atoms with van der Waals surface area (Å²) in [6.45, 7) is 9.13. The summed E-state index contributed by atoms with van der Waals surface area (Å²) < 4.78 is 8.16. The van der Waals surface area contributed by atoms with Crippen LogP contribution in [0.4, 0.5) is 0 Å². The number of aromatic nitrogens is 3. The molecule has 108 valence electrons. The predicted molar refractivity (Wildman–Crippen MR) is 83.9 cm³/mol. The average molecular weight is 281 g/mol. The van der Waals surface area contributed by atoms with E-state index in [1.54, 1.807) is 0 Å². The van der Waals surface area contributed by atoms with Gasteiger partial charge in [-0.05, 0) is 45.4 Å². The Morgan fingerprint density at radius 1 is 1.05 bits per heavy atom. The van der Waals surface area contributed by atoms with Crippen LogP contribution in [0.25, 0.3) is 11.0 Å². The van der Waals surface area contributed by atoms with E-state index in [1.807, 2.05) is 44.2 Å². The van der Waals surface area contributed by atoms with Crippen molar-refractivity contribution in [1.29, 1.82) is 0 Å². The zero-order valence-electron chi connectivity index (χ0n) is 12.8. The second-order valence-electron chi connectivity index (χ2n) is 5.14. The Kier molecular flexibility index (Phi) is 3.37. The average Bonchev–Trinajstić information content (AvgIpc) is 2.82. The third-order valence-corrected chi connectivity index (χ3v) is 3.80. The molecule has 3 aromatic rings. The highest BCUT2D eigenvalue weighted by Gasteiger charge is 2.17. The molecule has 4 heteroatoms. The largest absolute Gasteiger partial charge is 0.437 e. The molecule has 2 aromatic heterocycles. The number of fused-ring (bicyclic) bond motifs is 1. The van der Waals surface area contributed by atoms with Gasteiger partial charge in [0.1, 0.15) is 11.6 Å². The first-order chi connectivity index (χ1) is 10.1. The molecule has 0 radical (unpaired) electrons. The monoisotopic (exact) mass is 281 g/mol. The van der Waals surface area contributed by atoms with Crippen molar-refractivity contribution in [2.24, 2.45) is 0 Å². The van der Waals surface area contributed by atoms with Crippen molar-refractivity contribution in [2.45, 2.75) is 34.2 Å². The van der Waals surface area contributed by atoms with Crippen LogP contribution in [0.15, 0.2) is 30.3 Å². The van der Waals surface area contributed by atoms with Gasteiger partial charge in [0.25, 0.3) is 0 Å². The van der Waals surface area contributed by atoms with Gasteiger partial charge in [0.2, 0.25) is 5.88 Å². The standard InChI is InChI=1S/C17H19N3O/c1-5-20-13(4)19-15-16(20)11(2)12(3)18-17(15)21-14-9-7-6-8-10-14/h6-10H,5H2,1-4H3. The normalized spacial score (nSPS) is 11.0. The van der Waals surface area contributed by atoms with Gasteiger partial charge in [-0.25, -0.2) is 9.97 Å². The quantitative estimate of drug-likeness (QED) is 0.723. The molecule has 3 rings (SSSR count). The van der Waals surface area contributed by atoms with E-state index in [0.717, 1.165) is 40.4 Å². The maximum atomic E-state index is 5.95. The summed E-state index contributed by atoms with van der Waals surface area (Å²) in [4.78, 5) is 9.24. The van der Waals surface area contributed by atoms with E-state index in [2.05, 4.69) is 28.4 Å². The lowest BCUT2D eigenvalue weighted by Gasteiger charge is -2.10. The van der Waals surface area contributed by atoms with Crippen LogP contribution in [0.1, 0.15) is 24.0 Å². The fraction of sp³-hybridized carbons (Fsp3) is 0.294. The number of hydrogen-bond donors (Lipinski definition) is 0. The zero-order valence-corrected chi connectivity index (χ0v) is 12.8. The highest BCUT2D eigenvalue weighted by atomic mass is 16.5. The van der Waals surface area contributed by atoms with Gasteiger partial charge in [-0.1, -0.05) is 18.2 Å². The Morgan fingerprint density at radius 2 is 1.76 bits per heavy atom. The molecule has 0 aliphatic carbocycles. The van der Waals surface area contributed by atoms with Gasteiger partial charge < -0.3 is 9.30 Å². The molecular formula is C17H19N3O. The molecule has 0 atom stereocenters. The second-order valence-corrected chi connectivity index (χ2v) is 5.14. The van der Waals surface area contributed by atoms with Crippen LogP contribution < -0.4 is 4.74 Å². The fourth-order valence-electron chi connectivity index (χ4n) is 2.61. The lowest BCUT2D eigenvalue weighted by Crippen LogP contribution is -2.00. The number of para-hydroxylation sites is 1. The number of imidazole rings is 1. The Labute approximate surface area is 124 Å². The number of aryl methyl sites for hydroxylation is 4. The summed E-state index contributed by atoms with van der Waals surface area (Å²) in [6, 6.07) is 9.71. The van der Waals surface area contributed by atoms with Gasteiger partial charge in [-0.3, -0.25) is 0 Å². The SMILES string of the molecule is CCn1c(C)nc2c(Oc3ccccc3)nc(C)c(C)c21. The van der Waals surface area contributed by atoms with Gasteiger partial charge in [0, 0.05) is 12.2 Å². The zero-order chi connectivity index (χ0) is 15.0. The molecule has 0 saturated heterocycles. The number of rotatable bonds is 3. The predicted octanol–water partition coefficient (Wildman–Crippen LogP) is 4.17. The summed E-state index contributed by atoms with van der Waals surface area (Å²) in [6.07, 6.45) is 0. The van der Waals surface area contributed by atoms with Crippen LogP contribution in [0.3, 0.4) is 0 Å². The van der Waals surface area contributed by atoms with Crippen LogP contribution in [0, 0.1) is 20.8 Å². The van der Waals surface area contributed by atoms with Crippen molar-refractivity contribution in [3.8, 4) is 11.6 Å². The molecule has 0 unspecified atom stereocenters.